The summed E-state index contributed by atoms with van der Waals surface area (Å²) >= 11 is 0. The highest BCUT2D eigenvalue weighted by molar-refractivity contribution is 5.42. The van der Waals surface area contributed by atoms with Gasteiger partial charge in [-0.1, -0.05) is 13.8 Å². The lowest BCUT2D eigenvalue weighted by Gasteiger charge is -2.20. The van der Waals surface area contributed by atoms with E-state index in [0.717, 1.165) is 36.3 Å². The second-order valence-corrected chi connectivity index (χ2v) is 5.36. The van der Waals surface area contributed by atoms with Crippen LogP contribution in [0.4, 0.5) is 5.82 Å². The van der Waals surface area contributed by atoms with Gasteiger partial charge in [-0.15, -0.1) is 0 Å². The highest BCUT2D eigenvalue weighted by Crippen LogP contribution is 2.28. The molecule has 1 aromatic heterocycles. The van der Waals surface area contributed by atoms with E-state index in [9.17, 15) is 5.11 Å². The summed E-state index contributed by atoms with van der Waals surface area (Å²) in [6.45, 7) is 8.54. The number of nitrogens with zero attached hydrogens (tertiary/aromatic N) is 2. The van der Waals surface area contributed by atoms with Crippen LogP contribution < -0.4 is 4.90 Å². The monoisotopic (exact) mass is 234 g/mol. The van der Waals surface area contributed by atoms with Crippen LogP contribution in [0.15, 0.2) is 18.3 Å². The van der Waals surface area contributed by atoms with Gasteiger partial charge in [0, 0.05) is 19.3 Å². The number of aromatic nitrogens is 1. The Bertz CT molecular complexity index is 376. The highest BCUT2D eigenvalue weighted by Gasteiger charge is 2.25. The number of pyridine rings is 1. The molecule has 0 aromatic carbocycles. The topological polar surface area (TPSA) is 36.4 Å². The first kappa shape index (κ1) is 12.4. The van der Waals surface area contributed by atoms with Crippen molar-refractivity contribution in [3.05, 3.63) is 23.9 Å². The van der Waals surface area contributed by atoms with Crippen LogP contribution in [0, 0.1) is 11.8 Å². The third kappa shape index (κ3) is 2.78. The molecule has 3 nitrogen and oxygen atoms in total. The fraction of sp³-hybridized carbons (Fsp3) is 0.643. The summed E-state index contributed by atoms with van der Waals surface area (Å²) in [5.74, 6) is 2.51. The van der Waals surface area contributed by atoms with E-state index in [4.69, 9.17) is 0 Å². The molecule has 2 atom stereocenters. The standard InChI is InChI=1S/C14H22N2O/c1-10(2)13-5-7-16(9-13)14-8-12(11(3)17)4-6-15-14/h4,6,8,10-11,13,17H,5,7,9H2,1-3H3. The molecule has 2 unspecified atom stereocenters. The number of anilines is 1. The maximum absolute atomic E-state index is 9.58. The molecule has 1 saturated heterocycles. The minimum Gasteiger partial charge on any atom is -0.389 e. The van der Waals surface area contributed by atoms with Gasteiger partial charge in [0.1, 0.15) is 5.82 Å². The van der Waals surface area contributed by atoms with E-state index in [0.29, 0.717) is 0 Å². The number of aliphatic hydroxyl groups is 1. The Balaban J connectivity index is 2.11. The lowest BCUT2D eigenvalue weighted by atomic mass is 9.95. The molecule has 1 aromatic rings. The summed E-state index contributed by atoms with van der Waals surface area (Å²) in [4.78, 5) is 6.74. The molecule has 1 aliphatic heterocycles. The van der Waals surface area contributed by atoms with Crippen LogP contribution >= 0.6 is 0 Å². The molecular formula is C14H22N2O. The van der Waals surface area contributed by atoms with E-state index in [2.05, 4.69) is 23.7 Å². The number of hydrogen-bond acceptors (Lipinski definition) is 3. The zero-order valence-electron chi connectivity index (χ0n) is 10.9. The van der Waals surface area contributed by atoms with E-state index in [1.165, 1.54) is 6.42 Å². The van der Waals surface area contributed by atoms with Gasteiger partial charge >= 0.3 is 0 Å². The minimum absolute atomic E-state index is 0.416. The molecule has 0 bridgehead atoms. The third-order valence-corrected chi connectivity index (χ3v) is 3.74. The van der Waals surface area contributed by atoms with Crippen molar-refractivity contribution in [1.82, 2.24) is 4.98 Å². The zero-order chi connectivity index (χ0) is 12.4. The lowest BCUT2D eigenvalue weighted by Crippen LogP contribution is -2.22. The van der Waals surface area contributed by atoms with Crippen LogP contribution in [0.5, 0.6) is 0 Å². The summed E-state index contributed by atoms with van der Waals surface area (Å²) in [5, 5.41) is 9.58. The normalized spacial score (nSPS) is 22.2. The molecule has 2 rings (SSSR count). The van der Waals surface area contributed by atoms with Gasteiger partial charge in [0.05, 0.1) is 6.10 Å². The van der Waals surface area contributed by atoms with Crippen molar-refractivity contribution in [2.75, 3.05) is 18.0 Å². The van der Waals surface area contributed by atoms with Crippen LogP contribution in [0.3, 0.4) is 0 Å². The molecule has 3 heteroatoms. The SMILES string of the molecule is CC(O)c1ccnc(N2CCC(C(C)C)C2)c1. The van der Waals surface area contributed by atoms with Gasteiger partial charge in [0.25, 0.3) is 0 Å². The van der Waals surface area contributed by atoms with Gasteiger partial charge in [-0.25, -0.2) is 4.98 Å². The molecule has 0 radical (unpaired) electrons. The van der Waals surface area contributed by atoms with Crippen molar-refractivity contribution in [1.29, 1.82) is 0 Å². The molecule has 2 heterocycles. The minimum atomic E-state index is -0.416. The average molecular weight is 234 g/mol. The van der Waals surface area contributed by atoms with Crippen LogP contribution in [0.2, 0.25) is 0 Å². The van der Waals surface area contributed by atoms with Crippen molar-refractivity contribution in [3.63, 3.8) is 0 Å². The predicted octanol–water partition coefficient (Wildman–Crippen LogP) is 2.62. The summed E-state index contributed by atoms with van der Waals surface area (Å²) in [6.07, 6.45) is 2.62. The van der Waals surface area contributed by atoms with Crippen molar-refractivity contribution >= 4 is 5.82 Å². The first-order valence-corrected chi connectivity index (χ1v) is 6.47. The molecule has 0 spiro atoms. The number of rotatable bonds is 3. The van der Waals surface area contributed by atoms with Crippen LogP contribution in [-0.4, -0.2) is 23.2 Å². The van der Waals surface area contributed by atoms with E-state index < -0.39 is 6.10 Å². The summed E-state index contributed by atoms with van der Waals surface area (Å²) in [7, 11) is 0. The van der Waals surface area contributed by atoms with Crippen LogP contribution in [-0.2, 0) is 0 Å². The first-order chi connectivity index (χ1) is 8.08. The lowest BCUT2D eigenvalue weighted by molar-refractivity contribution is 0.199. The van der Waals surface area contributed by atoms with E-state index in [-0.39, 0.29) is 0 Å². The van der Waals surface area contributed by atoms with Gasteiger partial charge < -0.3 is 10.0 Å². The Labute approximate surface area is 103 Å². The molecule has 0 saturated carbocycles. The van der Waals surface area contributed by atoms with Crippen molar-refractivity contribution in [2.24, 2.45) is 11.8 Å². The Morgan fingerprint density at radius 1 is 1.41 bits per heavy atom. The van der Waals surface area contributed by atoms with Crippen LogP contribution in [0.1, 0.15) is 38.9 Å². The maximum Gasteiger partial charge on any atom is 0.128 e. The molecule has 1 fully saturated rings. The largest absolute Gasteiger partial charge is 0.389 e. The van der Waals surface area contributed by atoms with Gasteiger partial charge in [0.2, 0.25) is 0 Å². The third-order valence-electron chi connectivity index (χ3n) is 3.74. The second-order valence-electron chi connectivity index (χ2n) is 5.36. The van der Waals surface area contributed by atoms with Gasteiger partial charge in [-0.05, 0) is 42.9 Å². The summed E-state index contributed by atoms with van der Waals surface area (Å²) in [6, 6.07) is 3.89. The van der Waals surface area contributed by atoms with Gasteiger partial charge in [-0.3, -0.25) is 0 Å². The average Bonchev–Trinajstić information content (AvgIpc) is 2.78. The molecule has 0 amide bonds. The Morgan fingerprint density at radius 2 is 2.18 bits per heavy atom. The molecule has 0 aliphatic carbocycles. The Morgan fingerprint density at radius 3 is 2.76 bits per heavy atom. The molecular weight excluding hydrogens is 212 g/mol. The molecule has 17 heavy (non-hydrogen) atoms. The van der Waals surface area contributed by atoms with E-state index in [1.807, 2.05) is 12.1 Å². The molecule has 1 aliphatic rings. The highest BCUT2D eigenvalue weighted by atomic mass is 16.3. The Hall–Kier alpha value is -1.09. The van der Waals surface area contributed by atoms with Gasteiger partial charge in [0.15, 0.2) is 0 Å². The maximum atomic E-state index is 9.58. The zero-order valence-corrected chi connectivity index (χ0v) is 10.9. The smallest absolute Gasteiger partial charge is 0.128 e. The van der Waals surface area contributed by atoms with Crippen LogP contribution in [0.25, 0.3) is 0 Å². The predicted molar refractivity (Wildman–Crippen MR) is 70.0 cm³/mol. The fourth-order valence-corrected chi connectivity index (χ4v) is 2.41. The van der Waals surface area contributed by atoms with E-state index in [1.54, 1.807) is 13.1 Å². The fourth-order valence-electron chi connectivity index (χ4n) is 2.41. The van der Waals surface area contributed by atoms with Crippen molar-refractivity contribution in [2.45, 2.75) is 33.3 Å². The second kappa shape index (κ2) is 5.05. The van der Waals surface area contributed by atoms with Gasteiger partial charge in [-0.2, -0.15) is 0 Å². The molecule has 1 N–H and O–H groups in total. The van der Waals surface area contributed by atoms with Crippen molar-refractivity contribution < 1.29 is 5.11 Å². The Kier molecular flexibility index (Phi) is 3.67. The van der Waals surface area contributed by atoms with E-state index >= 15 is 0 Å². The number of aliphatic hydroxyl groups excluding tert-OH is 1. The summed E-state index contributed by atoms with van der Waals surface area (Å²) in [5.41, 5.74) is 0.947. The summed E-state index contributed by atoms with van der Waals surface area (Å²) < 4.78 is 0. The molecule has 94 valence electrons. The van der Waals surface area contributed by atoms with Crippen molar-refractivity contribution in [3.8, 4) is 0 Å². The quantitative estimate of drug-likeness (QED) is 0.873. The first-order valence-electron chi connectivity index (χ1n) is 6.47. The number of hydrogen-bond donors (Lipinski definition) is 1.